The van der Waals surface area contributed by atoms with E-state index >= 15 is 0 Å². The zero-order chi connectivity index (χ0) is 16.2. The molecule has 21 heavy (non-hydrogen) atoms. The molecule has 0 radical (unpaired) electrons. The smallest absolute Gasteiger partial charge is 0.338 e. The van der Waals surface area contributed by atoms with Gasteiger partial charge in [-0.1, -0.05) is 20.8 Å². The van der Waals surface area contributed by atoms with Crippen LogP contribution in [-0.4, -0.2) is 41.5 Å². The molecule has 0 bridgehead atoms. The number of amides is 2. The lowest BCUT2D eigenvalue weighted by atomic mass is 9.85. The van der Waals surface area contributed by atoms with Gasteiger partial charge in [-0.15, -0.1) is 0 Å². The molecule has 1 saturated heterocycles. The Morgan fingerprint density at radius 3 is 2.19 bits per heavy atom. The lowest BCUT2D eigenvalue weighted by Gasteiger charge is -2.36. The molecule has 0 spiro atoms. The third-order valence-corrected chi connectivity index (χ3v) is 4.45. The van der Waals surface area contributed by atoms with Crippen LogP contribution in [0.15, 0.2) is 0 Å². The third-order valence-electron chi connectivity index (χ3n) is 4.45. The van der Waals surface area contributed by atoms with Crippen molar-refractivity contribution in [3.63, 3.8) is 0 Å². The maximum atomic E-state index is 12.6. The first-order valence-corrected chi connectivity index (χ1v) is 7.11. The van der Waals surface area contributed by atoms with Crippen LogP contribution in [0.3, 0.4) is 0 Å². The fourth-order valence-electron chi connectivity index (χ4n) is 3.04. The number of halogens is 3. The number of nitrogens with zero attached hydrogens (tertiary/aromatic N) is 1. The minimum absolute atomic E-state index is 0.0372. The first kappa shape index (κ1) is 16.1. The van der Waals surface area contributed by atoms with E-state index in [-0.39, 0.29) is 6.04 Å². The summed E-state index contributed by atoms with van der Waals surface area (Å²) < 4.78 is 37.3. The SMILES string of the molecule is C[C@@H]1[C@H]2C[C@H]2CN1C(=O)[C@@H](NC(=O)C(F)(F)F)C(C)(C)C. The Balaban J connectivity index is 2.13. The Labute approximate surface area is 122 Å². The number of carbonyl (C=O) groups is 2. The summed E-state index contributed by atoms with van der Waals surface area (Å²) in [4.78, 5) is 25.4. The van der Waals surface area contributed by atoms with Gasteiger partial charge in [0.25, 0.3) is 0 Å². The van der Waals surface area contributed by atoms with Gasteiger partial charge in [-0.25, -0.2) is 0 Å². The number of alkyl halides is 3. The Hall–Kier alpha value is -1.27. The molecular formula is C14H21F3N2O2. The Kier molecular flexibility index (Phi) is 3.74. The van der Waals surface area contributed by atoms with Crippen LogP contribution in [0.4, 0.5) is 13.2 Å². The molecule has 4 nitrogen and oxygen atoms in total. The second-order valence-electron chi connectivity index (χ2n) is 7.16. The molecule has 7 heteroatoms. The predicted molar refractivity (Wildman–Crippen MR) is 70.2 cm³/mol. The van der Waals surface area contributed by atoms with E-state index in [9.17, 15) is 22.8 Å². The monoisotopic (exact) mass is 306 g/mol. The summed E-state index contributed by atoms with van der Waals surface area (Å²) >= 11 is 0. The standard InChI is InChI=1S/C14H21F3N2O2/c1-7-9-5-8(9)6-19(7)11(20)10(13(2,3)4)18-12(21)14(15,16)17/h7-10H,5-6H2,1-4H3,(H,18,21)/t7-,8+,9-,10-/m1/s1. The molecule has 4 atom stereocenters. The van der Waals surface area contributed by atoms with Gasteiger partial charge < -0.3 is 10.2 Å². The molecule has 1 saturated carbocycles. The molecule has 120 valence electrons. The number of likely N-dealkylation sites (tertiary alicyclic amines) is 1. The quantitative estimate of drug-likeness (QED) is 0.847. The maximum absolute atomic E-state index is 12.6. The van der Waals surface area contributed by atoms with E-state index in [2.05, 4.69) is 0 Å². The lowest BCUT2D eigenvalue weighted by molar-refractivity contribution is -0.176. The number of rotatable bonds is 2. The van der Waals surface area contributed by atoms with Gasteiger partial charge in [-0.2, -0.15) is 13.2 Å². The molecule has 2 rings (SSSR count). The van der Waals surface area contributed by atoms with Crippen LogP contribution in [0.2, 0.25) is 0 Å². The van der Waals surface area contributed by atoms with Crippen LogP contribution in [-0.2, 0) is 9.59 Å². The molecule has 1 aliphatic carbocycles. The van der Waals surface area contributed by atoms with Crippen LogP contribution in [0.1, 0.15) is 34.1 Å². The largest absolute Gasteiger partial charge is 0.471 e. The summed E-state index contributed by atoms with van der Waals surface area (Å²) in [5.74, 6) is -1.54. The van der Waals surface area contributed by atoms with Crippen LogP contribution >= 0.6 is 0 Å². The molecule has 0 aromatic carbocycles. The maximum Gasteiger partial charge on any atom is 0.471 e. The van der Waals surface area contributed by atoms with Crippen molar-refractivity contribution < 1.29 is 22.8 Å². The fraction of sp³-hybridized carbons (Fsp3) is 0.857. The highest BCUT2D eigenvalue weighted by atomic mass is 19.4. The predicted octanol–water partition coefficient (Wildman–Crippen LogP) is 1.95. The van der Waals surface area contributed by atoms with E-state index in [1.165, 1.54) is 0 Å². The summed E-state index contributed by atoms with van der Waals surface area (Å²) in [6.45, 7) is 7.44. The van der Waals surface area contributed by atoms with Crippen molar-refractivity contribution in [1.82, 2.24) is 10.2 Å². The highest BCUT2D eigenvalue weighted by Crippen LogP contribution is 2.49. The van der Waals surface area contributed by atoms with Gasteiger partial charge >= 0.3 is 12.1 Å². The van der Waals surface area contributed by atoms with Gasteiger partial charge in [0.15, 0.2) is 0 Å². The highest BCUT2D eigenvalue weighted by Gasteiger charge is 2.54. The summed E-state index contributed by atoms with van der Waals surface area (Å²) in [6.07, 6.45) is -3.90. The number of hydrogen-bond donors (Lipinski definition) is 1. The number of carbonyl (C=O) groups excluding carboxylic acids is 2. The number of piperidine rings is 1. The Morgan fingerprint density at radius 2 is 1.81 bits per heavy atom. The minimum atomic E-state index is -4.98. The van der Waals surface area contributed by atoms with E-state index < -0.39 is 29.4 Å². The van der Waals surface area contributed by atoms with Gasteiger partial charge in [-0.3, -0.25) is 9.59 Å². The Morgan fingerprint density at radius 1 is 1.24 bits per heavy atom. The van der Waals surface area contributed by atoms with Crippen LogP contribution < -0.4 is 5.32 Å². The second-order valence-corrected chi connectivity index (χ2v) is 7.16. The first-order chi connectivity index (χ1) is 9.43. The summed E-state index contributed by atoms with van der Waals surface area (Å²) in [5.41, 5.74) is -0.787. The molecule has 0 aromatic heterocycles. The van der Waals surface area contributed by atoms with Crippen molar-refractivity contribution in [2.75, 3.05) is 6.54 Å². The van der Waals surface area contributed by atoms with Gasteiger partial charge in [0.2, 0.25) is 5.91 Å². The van der Waals surface area contributed by atoms with Gasteiger partial charge in [0, 0.05) is 12.6 Å². The van der Waals surface area contributed by atoms with Gasteiger partial charge in [0.05, 0.1) is 0 Å². The van der Waals surface area contributed by atoms with Crippen molar-refractivity contribution in [2.45, 2.75) is 52.4 Å². The average Bonchev–Trinajstić information content (AvgIpc) is 3.01. The van der Waals surface area contributed by atoms with E-state index in [0.29, 0.717) is 18.4 Å². The molecule has 2 aliphatic rings. The number of nitrogens with one attached hydrogen (secondary N) is 1. The van der Waals surface area contributed by atoms with E-state index in [4.69, 9.17) is 0 Å². The summed E-state index contributed by atoms with van der Waals surface area (Å²) in [7, 11) is 0. The summed E-state index contributed by atoms with van der Waals surface area (Å²) in [5, 5.41) is 1.87. The normalized spacial score (nSPS) is 29.9. The fourth-order valence-corrected chi connectivity index (χ4v) is 3.04. The zero-order valence-electron chi connectivity index (χ0n) is 12.6. The molecule has 2 amide bonds. The number of hydrogen-bond acceptors (Lipinski definition) is 2. The molecule has 1 N–H and O–H groups in total. The minimum Gasteiger partial charge on any atom is -0.338 e. The van der Waals surface area contributed by atoms with Crippen LogP contribution in [0.25, 0.3) is 0 Å². The van der Waals surface area contributed by atoms with Crippen LogP contribution in [0.5, 0.6) is 0 Å². The van der Waals surface area contributed by atoms with Crippen molar-refractivity contribution in [3.8, 4) is 0 Å². The zero-order valence-corrected chi connectivity index (χ0v) is 12.6. The average molecular weight is 306 g/mol. The number of fused-ring (bicyclic) bond motifs is 1. The molecule has 1 heterocycles. The second kappa shape index (κ2) is 4.88. The molecule has 1 aliphatic heterocycles. The van der Waals surface area contributed by atoms with Crippen molar-refractivity contribution in [1.29, 1.82) is 0 Å². The van der Waals surface area contributed by atoms with Crippen LogP contribution in [0, 0.1) is 17.3 Å². The topological polar surface area (TPSA) is 49.4 Å². The lowest BCUT2D eigenvalue weighted by Crippen LogP contribution is -2.58. The highest BCUT2D eigenvalue weighted by molar-refractivity contribution is 5.90. The molecule has 0 unspecified atom stereocenters. The van der Waals surface area contributed by atoms with Crippen molar-refractivity contribution in [3.05, 3.63) is 0 Å². The van der Waals surface area contributed by atoms with Gasteiger partial charge in [0.1, 0.15) is 6.04 Å². The van der Waals surface area contributed by atoms with Gasteiger partial charge in [-0.05, 0) is 30.6 Å². The Bertz CT molecular complexity index is 456. The first-order valence-electron chi connectivity index (χ1n) is 7.11. The van der Waals surface area contributed by atoms with E-state index in [1.807, 2.05) is 12.2 Å². The van der Waals surface area contributed by atoms with Crippen molar-refractivity contribution in [2.24, 2.45) is 17.3 Å². The van der Waals surface area contributed by atoms with E-state index in [1.54, 1.807) is 25.7 Å². The third kappa shape index (κ3) is 3.16. The summed E-state index contributed by atoms with van der Waals surface area (Å²) in [6, 6.07) is -1.14. The van der Waals surface area contributed by atoms with E-state index in [0.717, 1.165) is 6.42 Å². The molecule has 2 fully saturated rings. The molecule has 0 aromatic rings. The van der Waals surface area contributed by atoms with Crippen molar-refractivity contribution >= 4 is 11.8 Å². The molecular weight excluding hydrogens is 285 g/mol.